The molecule has 0 amide bonds. The van der Waals surface area contributed by atoms with E-state index in [1.807, 2.05) is 12.1 Å². The van der Waals surface area contributed by atoms with Gasteiger partial charge in [-0.2, -0.15) is 16.3 Å². The summed E-state index contributed by atoms with van der Waals surface area (Å²) in [5, 5.41) is 11.6. The SMILES string of the molecule is Cc1ccccc1NCCc1nc(-c2cscc2C)no1. The third-order valence-electron chi connectivity index (χ3n) is 3.36. The Morgan fingerprint density at radius 2 is 2.00 bits per heavy atom. The Bertz CT molecular complexity index is 732. The van der Waals surface area contributed by atoms with Crippen molar-refractivity contribution in [1.82, 2.24) is 10.1 Å². The molecule has 0 atom stereocenters. The fraction of sp³-hybridized carbons (Fsp3) is 0.250. The number of nitrogens with one attached hydrogen (secondary N) is 1. The molecular weight excluding hydrogens is 282 g/mol. The Labute approximate surface area is 127 Å². The first-order valence-electron chi connectivity index (χ1n) is 6.89. The van der Waals surface area contributed by atoms with Crippen molar-refractivity contribution in [3.63, 3.8) is 0 Å². The van der Waals surface area contributed by atoms with Crippen molar-refractivity contribution in [2.75, 3.05) is 11.9 Å². The lowest BCUT2D eigenvalue weighted by atomic mass is 10.2. The highest BCUT2D eigenvalue weighted by Gasteiger charge is 2.11. The Morgan fingerprint density at radius 1 is 1.14 bits per heavy atom. The van der Waals surface area contributed by atoms with E-state index in [1.165, 1.54) is 11.1 Å². The Morgan fingerprint density at radius 3 is 2.76 bits per heavy atom. The molecule has 0 fully saturated rings. The molecule has 0 aliphatic heterocycles. The van der Waals surface area contributed by atoms with Crippen LogP contribution in [0.25, 0.3) is 11.4 Å². The lowest BCUT2D eigenvalue weighted by Gasteiger charge is -2.07. The van der Waals surface area contributed by atoms with Gasteiger partial charge in [-0.25, -0.2) is 0 Å². The molecule has 3 rings (SSSR count). The van der Waals surface area contributed by atoms with Gasteiger partial charge in [0.2, 0.25) is 11.7 Å². The molecule has 21 heavy (non-hydrogen) atoms. The van der Waals surface area contributed by atoms with Gasteiger partial charge in [0.15, 0.2) is 0 Å². The number of rotatable bonds is 5. The maximum Gasteiger partial charge on any atom is 0.228 e. The number of aromatic nitrogens is 2. The average molecular weight is 299 g/mol. The Balaban J connectivity index is 1.61. The van der Waals surface area contributed by atoms with Crippen molar-refractivity contribution < 1.29 is 4.52 Å². The summed E-state index contributed by atoms with van der Waals surface area (Å²) in [5.74, 6) is 1.34. The highest BCUT2D eigenvalue weighted by molar-refractivity contribution is 7.08. The fourth-order valence-corrected chi connectivity index (χ4v) is 2.96. The monoisotopic (exact) mass is 299 g/mol. The van der Waals surface area contributed by atoms with Crippen LogP contribution in [0.2, 0.25) is 0 Å². The van der Waals surface area contributed by atoms with Crippen LogP contribution in [0.3, 0.4) is 0 Å². The molecule has 0 radical (unpaired) electrons. The normalized spacial score (nSPS) is 10.8. The molecule has 0 aliphatic rings. The second-order valence-electron chi connectivity index (χ2n) is 4.97. The second kappa shape index (κ2) is 6.10. The largest absolute Gasteiger partial charge is 0.384 e. The molecule has 0 aliphatic carbocycles. The van der Waals surface area contributed by atoms with Crippen LogP contribution in [-0.4, -0.2) is 16.7 Å². The number of thiophene rings is 1. The van der Waals surface area contributed by atoms with Crippen LogP contribution in [0.15, 0.2) is 39.5 Å². The number of benzene rings is 1. The lowest BCUT2D eigenvalue weighted by molar-refractivity contribution is 0.381. The van der Waals surface area contributed by atoms with Gasteiger partial charge in [-0.05, 0) is 36.4 Å². The van der Waals surface area contributed by atoms with Gasteiger partial charge in [-0.15, -0.1) is 0 Å². The van der Waals surface area contributed by atoms with E-state index < -0.39 is 0 Å². The minimum Gasteiger partial charge on any atom is -0.384 e. The van der Waals surface area contributed by atoms with Gasteiger partial charge in [0, 0.05) is 29.6 Å². The molecular formula is C16H17N3OS. The second-order valence-corrected chi connectivity index (χ2v) is 5.72. The van der Waals surface area contributed by atoms with E-state index in [9.17, 15) is 0 Å². The van der Waals surface area contributed by atoms with Crippen LogP contribution in [0.5, 0.6) is 0 Å². The summed E-state index contributed by atoms with van der Waals surface area (Å²) in [6.45, 7) is 4.92. The highest BCUT2D eigenvalue weighted by Crippen LogP contribution is 2.24. The van der Waals surface area contributed by atoms with E-state index in [0.29, 0.717) is 18.1 Å². The zero-order chi connectivity index (χ0) is 14.7. The summed E-state index contributed by atoms with van der Waals surface area (Å²) in [6, 6.07) is 8.23. The van der Waals surface area contributed by atoms with Crippen molar-refractivity contribution in [3.05, 3.63) is 52.0 Å². The Hall–Kier alpha value is -2.14. The minimum atomic E-state index is 0.664. The molecule has 4 nitrogen and oxygen atoms in total. The predicted octanol–water partition coefficient (Wildman–Crippen LogP) is 4.07. The number of hydrogen-bond donors (Lipinski definition) is 1. The van der Waals surface area contributed by atoms with Crippen LogP contribution in [0.4, 0.5) is 5.69 Å². The third kappa shape index (κ3) is 3.13. The number of aryl methyl sites for hydroxylation is 2. The van der Waals surface area contributed by atoms with E-state index in [-0.39, 0.29) is 0 Å². The molecule has 1 aromatic carbocycles. The molecule has 108 valence electrons. The van der Waals surface area contributed by atoms with Gasteiger partial charge >= 0.3 is 0 Å². The number of hydrogen-bond acceptors (Lipinski definition) is 5. The molecule has 0 spiro atoms. The standard InChI is InChI=1S/C16H17N3OS/c1-11-5-3-4-6-14(11)17-8-7-15-18-16(19-20-15)13-10-21-9-12(13)2/h3-6,9-10,17H,7-8H2,1-2H3. The van der Waals surface area contributed by atoms with E-state index in [1.54, 1.807) is 11.3 Å². The van der Waals surface area contributed by atoms with Gasteiger partial charge in [0.25, 0.3) is 0 Å². The van der Waals surface area contributed by atoms with E-state index >= 15 is 0 Å². The lowest BCUT2D eigenvalue weighted by Crippen LogP contribution is -2.06. The van der Waals surface area contributed by atoms with Crippen LogP contribution in [-0.2, 0) is 6.42 Å². The topological polar surface area (TPSA) is 51.0 Å². The number of nitrogens with zero attached hydrogens (tertiary/aromatic N) is 2. The Kier molecular flexibility index (Phi) is 4.01. The summed E-state index contributed by atoms with van der Waals surface area (Å²) in [7, 11) is 0. The summed E-state index contributed by atoms with van der Waals surface area (Å²) in [4.78, 5) is 4.46. The van der Waals surface area contributed by atoms with Crippen LogP contribution >= 0.6 is 11.3 Å². The van der Waals surface area contributed by atoms with Crippen molar-refractivity contribution >= 4 is 17.0 Å². The first kappa shape index (κ1) is 13.8. The van der Waals surface area contributed by atoms with Crippen LogP contribution < -0.4 is 5.32 Å². The molecule has 2 heterocycles. The minimum absolute atomic E-state index is 0.664. The van der Waals surface area contributed by atoms with Gasteiger partial charge in [0.05, 0.1) is 0 Å². The van der Waals surface area contributed by atoms with Crippen molar-refractivity contribution in [2.45, 2.75) is 20.3 Å². The zero-order valence-corrected chi connectivity index (χ0v) is 12.9. The number of para-hydroxylation sites is 1. The van der Waals surface area contributed by atoms with Gasteiger partial charge in [-0.1, -0.05) is 23.4 Å². The fourth-order valence-electron chi connectivity index (χ4n) is 2.13. The average Bonchev–Trinajstić information content (AvgIpc) is 3.10. The van der Waals surface area contributed by atoms with Gasteiger partial charge in [-0.3, -0.25) is 0 Å². The van der Waals surface area contributed by atoms with Gasteiger partial charge < -0.3 is 9.84 Å². The van der Waals surface area contributed by atoms with Crippen LogP contribution in [0.1, 0.15) is 17.0 Å². The quantitative estimate of drug-likeness (QED) is 0.771. The molecule has 0 bridgehead atoms. The van der Waals surface area contributed by atoms with E-state index in [0.717, 1.165) is 17.8 Å². The maximum absolute atomic E-state index is 5.32. The molecule has 3 aromatic rings. The summed E-state index contributed by atoms with van der Waals surface area (Å²) >= 11 is 1.65. The third-order valence-corrected chi connectivity index (χ3v) is 4.23. The van der Waals surface area contributed by atoms with Crippen molar-refractivity contribution in [2.24, 2.45) is 0 Å². The maximum atomic E-state index is 5.32. The van der Waals surface area contributed by atoms with E-state index in [2.05, 4.69) is 52.2 Å². The van der Waals surface area contributed by atoms with Crippen molar-refractivity contribution in [1.29, 1.82) is 0 Å². The van der Waals surface area contributed by atoms with Crippen LogP contribution in [0, 0.1) is 13.8 Å². The molecule has 2 aromatic heterocycles. The number of anilines is 1. The molecule has 0 unspecified atom stereocenters. The molecule has 1 N–H and O–H groups in total. The summed E-state index contributed by atoms with van der Waals surface area (Å²) in [5.41, 5.74) is 4.62. The highest BCUT2D eigenvalue weighted by atomic mass is 32.1. The molecule has 0 saturated heterocycles. The summed E-state index contributed by atoms with van der Waals surface area (Å²) < 4.78 is 5.32. The first-order chi connectivity index (χ1) is 10.2. The predicted molar refractivity (Wildman–Crippen MR) is 85.7 cm³/mol. The smallest absolute Gasteiger partial charge is 0.228 e. The molecule has 5 heteroatoms. The summed E-state index contributed by atoms with van der Waals surface area (Å²) in [6.07, 6.45) is 0.713. The van der Waals surface area contributed by atoms with Crippen molar-refractivity contribution in [3.8, 4) is 11.4 Å². The first-order valence-corrected chi connectivity index (χ1v) is 7.83. The molecule has 0 saturated carbocycles. The van der Waals surface area contributed by atoms with Gasteiger partial charge in [0.1, 0.15) is 0 Å². The zero-order valence-electron chi connectivity index (χ0n) is 12.1. The van der Waals surface area contributed by atoms with E-state index in [4.69, 9.17) is 4.52 Å².